The first-order chi connectivity index (χ1) is 16.3. The van der Waals surface area contributed by atoms with Gasteiger partial charge in [0.25, 0.3) is 0 Å². The maximum absolute atomic E-state index is 13.6. The Kier molecular flexibility index (Phi) is 5.98. The van der Waals surface area contributed by atoms with E-state index in [4.69, 9.17) is 4.74 Å². The van der Waals surface area contributed by atoms with Gasteiger partial charge in [-0.1, -0.05) is 18.7 Å². The van der Waals surface area contributed by atoms with Gasteiger partial charge in [0.2, 0.25) is 0 Å². The smallest absolute Gasteiger partial charge is 0.433 e. The number of carbonyl (C=O) groups excluding carboxylic acids is 1. The zero-order chi connectivity index (χ0) is 25.6. The summed E-state index contributed by atoms with van der Waals surface area (Å²) < 4.78 is 60.7. The van der Waals surface area contributed by atoms with Gasteiger partial charge in [-0.15, -0.1) is 0 Å². The molecule has 4 rings (SSSR count). The third-order valence-electron chi connectivity index (χ3n) is 5.65. The first-order valence-corrected chi connectivity index (χ1v) is 10.9. The predicted molar refractivity (Wildman–Crippen MR) is 122 cm³/mol. The minimum absolute atomic E-state index is 0.0112. The molecule has 11 heteroatoms. The van der Waals surface area contributed by atoms with Gasteiger partial charge < -0.3 is 15.0 Å². The first-order valence-electron chi connectivity index (χ1n) is 10.9. The average Bonchev–Trinajstić information content (AvgIpc) is 3.15. The molecule has 186 valence electrons. The van der Waals surface area contributed by atoms with Crippen molar-refractivity contribution in [2.75, 3.05) is 25.0 Å². The summed E-state index contributed by atoms with van der Waals surface area (Å²) in [4.78, 5) is 17.7. The van der Waals surface area contributed by atoms with Gasteiger partial charge in [-0.2, -0.15) is 22.8 Å². The number of likely N-dealkylation sites (tertiary alicyclic amines) is 1. The zero-order valence-corrected chi connectivity index (χ0v) is 19.5. The van der Waals surface area contributed by atoms with Crippen LogP contribution in [-0.2, 0) is 16.3 Å². The van der Waals surface area contributed by atoms with E-state index < -0.39 is 34.8 Å². The summed E-state index contributed by atoms with van der Waals surface area (Å²) in [6, 6.07) is 8.12. The molecule has 0 unspecified atom stereocenters. The van der Waals surface area contributed by atoms with Gasteiger partial charge in [0, 0.05) is 37.2 Å². The third-order valence-corrected chi connectivity index (χ3v) is 5.65. The van der Waals surface area contributed by atoms with Crippen molar-refractivity contribution in [2.24, 2.45) is 0 Å². The summed E-state index contributed by atoms with van der Waals surface area (Å²) in [5.41, 5.74) is -1.32. The second kappa shape index (κ2) is 8.54. The number of fused-ring (bicyclic) bond motifs is 1. The second-order valence-electron chi connectivity index (χ2n) is 9.54. The second-order valence-corrected chi connectivity index (χ2v) is 9.54. The Morgan fingerprint density at radius 2 is 1.86 bits per heavy atom. The highest BCUT2D eigenvalue weighted by Crippen LogP contribution is 2.37. The highest BCUT2D eigenvalue weighted by Gasteiger charge is 2.48. The number of aromatic nitrogens is 3. The van der Waals surface area contributed by atoms with E-state index in [-0.39, 0.29) is 31.1 Å². The zero-order valence-electron chi connectivity index (χ0n) is 19.5. The predicted octanol–water partition coefficient (Wildman–Crippen LogP) is 5.13. The first kappa shape index (κ1) is 24.5. The van der Waals surface area contributed by atoms with Crippen LogP contribution in [0.5, 0.6) is 0 Å². The van der Waals surface area contributed by atoms with Crippen molar-refractivity contribution in [1.82, 2.24) is 19.5 Å². The van der Waals surface area contributed by atoms with Crippen LogP contribution in [0.2, 0.25) is 0 Å². The largest absolute Gasteiger partial charge is 0.444 e. The van der Waals surface area contributed by atoms with Crippen LogP contribution < -0.4 is 5.32 Å². The number of nitrogens with one attached hydrogen (secondary N) is 1. The van der Waals surface area contributed by atoms with Crippen LogP contribution in [0.3, 0.4) is 0 Å². The number of hydrogen-bond acceptors (Lipinski definition) is 5. The van der Waals surface area contributed by atoms with Gasteiger partial charge >= 0.3 is 12.3 Å². The Morgan fingerprint density at radius 1 is 1.20 bits per heavy atom. The van der Waals surface area contributed by atoms with Crippen molar-refractivity contribution < 1.29 is 27.1 Å². The summed E-state index contributed by atoms with van der Waals surface area (Å²) in [6.45, 7) is 9.50. The standard InChI is InChI=1S/C24H25F4N5O2/c1-5-17-10-20-30-18(24(26,27)28)11-19(33(20)31-17)29-12-23(15-6-8-16(25)9-7-15)13-32(14-23)21(34)35-22(2,3)4/h5-11,29H,1,12-14H2,2-4H3. The summed E-state index contributed by atoms with van der Waals surface area (Å²) in [7, 11) is 0. The Bertz CT molecular complexity index is 1260. The van der Waals surface area contributed by atoms with Crippen LogP contribution in [0, 0.1) is 5.82 Å². The number of halogens is 4. The topological polar surface area (TPSA) is 71.8 Å². The number of benzene rings is 1. The molecule has 0 saturated carbocycles. The number of carbonyl (C=O) groups is 1. The number of rotatable bonds is 5. The lowest BCUT2D eigenvalue weighted by atomic mass is 9.73. The molecule has 1 fully saturated rings. The highest BCUT2D eigenvalue weighted by molar-refractivity contribution is 5.70. The summed E-state index contributed by atoms with van der Waals surface area (Å²) >= 11 is 0. The Morgan fingerprint density at radius 3 is 2.43 bits per heavy atom. The van der Waals surface area contributed by atoms with Crippen molar-refractivity contribution in [3.63, 3.8) is 0 Å². The number of ether oxygens (including phenoxy) is 1. The van der Waals surface area contributed by atoms with E-state index in [0.29, 0.717) is 5.69 Å². The third kappa shape index (κ3) is 5.08. The fraction of sp³-hybridized carbons (Fsp3) is 0.375. The molecule has 3 heterocycles. The fourth-order valence-corrected chi connectivity index (χ4v) is 3.96. The molecule has 0 atom stereocenters. The molecule has 3 aromatic rings. The molecule has 35 heavy (non-hydrogen) atoms. The van der Waals surface area contributed by atoms with Crippen LogP contribution in [0.25, 0.3) is 11.7 Å². The molecule has 0 radical (unpaired) electrons. The average molecular weight is 491 g/mol. The fourth-order valence-electron chi connectivity index (χ4n) is 3.96. The van der Waals surface area contributed by atoms with E-state index >= 15 is 0 Å². The van der Waals surface area contributed by atoms with Crippen LogP contribution in [0.4, 0.5) is 28.2 Å². The van der Waals surface area contributed by atoms with Crippen molar-refractivity contribution >= 4 is 23.6 Å². The van der Waals surface area contributed by atoms with Gasteiger partial charge in [0.15, 0.2) is 11.3 Å². The van der Waals surface area contributed by atoms with E-state index in [1.807, 2.05) is 0 Å². The maximum atomic E-state index is 13.6. The Hall–Kier alpha value is -3.63. The molecule has 2 aromatic heterocycles. The Labute approximate surface area is 199 Å². The van der Waals surface area contributed by atoms with Crippen molar-refractivity contribution in [2.45, 2.75) is 38.0 Å². The molecule has 1 saturated heterocycles. The van der Waals surface area contributed by atoms with Crippen LogP contribution in [0.15, 0.2) is 43.0 Å². The highest BCUT2D eigenvalue weighted by atomic mass is 19.4. The van der Waals surface area contributed by atoms with E-state index in [0.717, 1.165) is 11.6 Å². The summed E-state index contributed by atoms with van der Waals surface area (Å²) in [5.74, 6) is -0.341. The van der Waals surface area contributed by atoms with E-state index in [2.05, 4.69) is 22.0 Å². The van der Waals surface area contributed by atoms with Crippen molar-refractivity contribution in [3.8, 4) is 0 Å². The van der Waals surface area contributed by atoms with Gasteiger partial charge in [-0.05, 0) is 44.5 Å². The van der Waals surface area contributed by atoms with Crippen molar-refractivity contribution in [1.29, 1.82) is 0 Å². The van der Waals surface area contributed by atoms with Crippen LogP contribution >= 0.6 is 0 Å². The molecule has 7 nitrogen and oxygen atoms in total. The van der Waals surface area contributed by atoms with Crippen LogP contribution in [0.1, 0.15) is 37.7 Å². The maximum Gasteiger partial charge on any atom is 0.433 e. The molecule has 1 aliphatic rings. The molecule has 0 bridgehead atoms. The van der Waals surface area contributed by atoms with E-state index in [1.165, 1.54) is 33.7 Å². The van der Waals surface area contributed by atoms with Gasteiger partial charge in [0.1, 0.15) is 17.2 Å². The molecular weight excluding hydrogens is 466 g/mol. The number of alkyl halides is 3. The van der Waals surface area contributed by atoms with E-state index in [1.54, 1.807) is 32.9 Å². The number of amides is 1. The molecule has 1 aliphatic heterocycles. The van der Waals surface area contributed by atoms with E-state index in [9.17, 15) is 22.4 Å². The molecule has 1 amide bonds. The minimum Gasteiger partial charge on any atom is -0.444 e. The number of nitrogens with zero attached hydrogens (tertiary/aromatic N) is 4. The monoisotopic (exact) mass is 491 g/mol. The van der Waals surface area contributed by atoms with Crippen molar-refractivity contribution in [3.05, 3.63) is 65.7 Å². The lowest BCUT2D eigenvalue weighted by Crippen LogP contribution is -2.64. The lowest BCUT2D eigenvalue weighted by molar-refractivity contribution is -0.141. The molecule has 0 spiro atoms. The SMILES string of the molecule is C=Cc1cc2nc(C(F)(F)F)cc(NCC3(c4ccc(F)cc4)CN(C(=O)OC(C)(C)C)C3)n2n1. The number of anilines is 1. The minimum atomic E-state index is -4.66. The summed E-state index contributed by atoms with van der Waals surface area (Å²) in [5, 5.41) is 7.29. The van der Waals surface area contributed by atoms with Gasteiger partial charge in [-0.25, -0.2) is 14.2 Å². The van der Waals surface area contributed by atoms with Gasteiger partial charge in [-0.3, -0.25) is 0 Å². The van der Waals surface area contributed by atoms with Gasteiger partial charge in [0.05, 0.1) is 5.69 Å². The molecule has 0 aliphatic carbocycles. The molecular formula is C24H25F4N5O2. The molecule has 1 N–H and O–H groups in total. The molecule has 1 aromatic carbocycles. The summed E-state index contributed by atoms with van der Waals surface area (Å²) in [6.07, 6.45) is -3.74. The normalized spacial score (nSPS) is 15.6. The Balaban J connectivity index is 1.65. The number of hydrogen-bond donors (Lipinski definition) is 1. The lowest BCUT2D eigenvalue weighted by Gasteiger charge is -2.50. The quantitative estimate of drug-likeness (QED) is 0.501. The van der Waals surface area contributed by atoms with Crippen LogP contribution in [-0.4, -0.2) is 50.8 Å².